The molecule has 0 saturated carbocycles. The predicted molar refractivity (Wildman–Crippen MR) is 88.6 cm³/mol. The number of nitrogens with zero attached hydrogens (tertiary/aromatic N) is 1. The number of carbonyl (C=O) groups is 1. The van der Waals surface area contributed by atoms with Crippen molar-refractivity contribution in [3.05, 3.63) is 45.1 Å². The number of amides is 1. The van der Waals surface area contributed by atoms with Gasteiger partial charge in [0, 0.05) is 5.56 Å². The van der Waals surface area contributed by atoms with Crippen molar-refractivity contribution in [1.29, 1.82) is 0 Å². The Balaban J connectivity index is 2.12. The van der Waals surface area contributed by atoms with E-state index in [1.807, 2.05) is 6.07 Å². The molecule has 1 amide bonds. The fraction of sp³-hybridized carbons (Fsp3) is 0.200. The minimum absolute atomic E-state index is 0.331. The molecular weight excluding hydrogens is 324 g/mol. The molecule has 22 heavy (non-hydrogen) atoms. The number of hydrazone groups is 1. The van der Waals surface area contributed by atoms with E-state index < -0.39 is 0 Å². The van der Waals surface area contributed by atoms with Gasteiger partial charge in [-0.25, -0.2) is 5.43 Å². The number of thiophene rings is 1. The Hall–Kier alpha value is -2.05. The van der Waals surface area contributed by atoms with Crippen LogP contribution in [0.25, 0.3) is 0 Å². The van der Waals surface area contributed by atoms with Crippen molar-refractivity contribution in [2.45, 2.75) is 6.92 Å². The van der Waals surface area contributed by atoms with E-state index in [2.05, 4.69) is 10.5 Å². The van der Waals surface area contributed by atoms with Crippen molar-refractivity contribution in [2.75, 3.05) is 14.2 Å². The molecule has 1 heterocycles. The number of hydrogen-bond acceptors (Lipinski definition) is 5. The first-order valence-corrected chi connectivity index (χ1v) is 7.57. The summed E-state index contributed by atoms with van der Waals surface area (Å²) in [6.45, 7) is 1.80. The number of methoxy groups -OCH3 is 2. The van der Waals surface area contributed by atoms with Crippen molar-refractivity contribution in [2.24, 2.45) is 5.10 Å². The minimum atomic E-state index is -0.331. The highest BCUT2D eigenvalue weighted by atomic mass is 35.5. The molecular formula is C15H15ClN2O3S. The topological polar surface area (TPSA) is 59.9 Å². The summed E-state index contributed by atoms with van der Waals surface area (Å²) in [4.78, 5) is 13.0. The van der Waals surface area contributed by atoms with Gasteiger partial charge >= 0.3 is 0 Å². The second kappa shape index (κ2) is 7.29. The molecule has 0 aliphatic heterocycles. The first kappa shape index (κ1) is 16.3. The number of hydrogen-bond donors (Lipinski definition) is 1. The smallest absolute Gasteiger partial charge is 0.271 e. The maximum absolute atomic E-state index is 12.1. The van der Waals surface area contributed by atoms with Gasteiger partial charge in [-0.3, -0.25) is 4.79 Å². The van der Waals surface area contributed by atoms with Gasteiger partial charge in [0.1, 0.15) is 0 Å². The van der Waals surface area contributed by atoms with E-state index in [4.69, 9.17) is 21.1 Å². The fourth-order valence-electron chi connectivity index (χ4n) is 1.74. The number of carbonyl (C=O) groups excluding carboxylic acids is 1. The number of nitrogens with one attached hydrogen (secondary N) is 1. The average molecular weight is 339 g/mol. The standard InChI is InChI=1S/C15H15ClN2O3S/c1-9(13-6-7-14(16)22-13)17-18-15(19)10-4-5-11(20-2)12(8-10)21-3/h4-8H,1-3H3,(H,18,19)/b17-9+. The molecule has 2 aromatic rings. The van der Waals surface area contributed by atoms with Crippen molar-refractivity contribution >= 4 is 34.6 Å². The van der Waals surface area contributed by atoms with Gasteiger partial charge in [-0.2, -0.15) is 5.10 Å². The van der Waals surface area contributed by atoms with Crippen LogP contribution in [0.15, 0.2) is 35.4 Å². The zero-order chi connectivity index (χ0) is 16.1. The van der Waals surface area contributed by atoms with Gasteiger partial charge in [-0.05, 0) is 37.3 Å². The summed E-state index contributed by atoms with van der Waals surface area (Å²) in [5, 5.41) is 4.08. The van der Waals surface area contributed by atoms with Gasteiger partial charge in [-0.15, -0.1) is 11.3 Å². The van der Waals surface area contributed by atoms with Crippen LogP contribution in [0.2, 0.25) is 4.34 Å². The van der Waals surface area contributed by atoms with E-state index in [0.29, 0.717) is 27.1 Å². The molecule has 1 N–H and O–H groups in total. The van der Waals surface area contributed by atoms with Crippen LogP contribution in [0.5, 0.6) is 11.5 Å². The third-order valence-electron chi connectivity index (χ3n) is 2.90. The monoisotopic (exact) mass is 338 g/mol. The van der Waals surface area contributed by atoms with Crippen molar-refractivity contribution in [3.8, 4) is 11.5 Å². The summed E-state index contributed by atoms with van der Waals surface area (Å²) in [5.74, 6) is 0.718. The van der Waals surface area contributed by atoms with Gasteiger partial charge < -0.3 is 9.47 Å². The molecule has 0 unspecified atom stereocenters. The molecule has 0 radical (unpaired) electrons. The van der Waals surface area contributed by atoms with Crippen LogP contribution >= 0.6 is 22.9 Å². The molecule has 0 saturated heterocycles. The summed E-state index contributed by atoms with van der Waals surface area (Å²) in [6.07, 6.45) is 0. The maximum atomic E-state index is 12.1. The predicted octanol–water partition coefficient (Wildman–Crippen LogP) is 3.57. The summed E-state index contributed by atoms with van der Waals surface area (Å²) >= 11 is 7.28. The van der Waals surface area contributed by atoms with Gasteiger partial charge in [0.05, 0.1) is 29.1 Å². The average Bonchev–Trinajstić information content (AvgIpc) is 2.98. The first-order valence-electron chi connectivity index (χ1n) is 6.37. The van der Waals surface area contributed by atoms with E-state index >= 15 is 0 Å². The Morgan fingerprint density at radius 2 is 1.91 bits per heavy atom. The lowest BCUT2D eigenvalue weighted by atomic mass is 10.2. The first-order chi connectivity index (χ1) is 10.5. The van der Waals surface area contributed by atoms with Gasteiger partial charge in [0.15, 0.2) is 11.5 Å². The highest BCUT2D eigenvalue weighted by Gasteiger charge is 2.10. The number of rotatable bonds is 5. The molecule has 0 fully saturated rings. The van der Waals surface area contributed by atoms with Gasteiger partial charge in [0.25, 0.3) is 5.91 Å². The maximum Gasteiger partial charge on any atom is 0.271 e. The van der Waals surface area contributed by atoms with Crippen LogP contribution in [-0.2, 0) is 0 Å². The molecule has 0 bridgehead atoms. The largest absolute Gasteiger partial charge is 0.493 e. The quantitative estimate of drug-likeness (QED) is 0.669. The van der Waals surface area contributed by atoms with E-state index in [1.165, 1.54) is 25.6 Å². The lowest BCUT2D eigenvalue weighted by Gasteiger charge is -2.08. The molecule has 7 heteroatoms. The van der Waals surface area contributed by atoms with Gasteiger partial charge in [0.2, 0.25) is 0 Å². The molecule has 0 spiro atoms. The molecule has 2 rings (SSSR count). The van der Waals surface area contributed by atoms with Crippen LogP contribution in [0.3, 0.4) is 0 Å². The van der Waals surface area contributed by atoms with E-state index in [-0.39, 0.29) is 5.91 Å². The minimum Gasteiger partial charge on any atom is -0.493 e. The number of halogens is 1. The van der Waals surface area contributed by atoms with E-state index in [9.17, 15) is 4.79 Å². The van der Waals surface area contributed by atoms with Crippen molar-refractivity contribution in [1.82, 2.24) is 5.43 Å². The third-order valence-corrected chi connectivity index (χ3v) is 4.24. The molecule has 0 aliphatic carbocycles. The van der Waals surface area contributed by atoms with E-state index in [0.717, 1.165) is 4.88 Å². The zero-order valence-electron chi connectivity index (χ0n) is 12.3. The second-order valence-electron chi connectivity index (χ2n) is 4.31. The van der Waals surface area contributed by atoms with Crippen LogP contribution in [0.1, 0.15) is 22.2 Å². The summed E-state index contributed by atoms with van der Waals surface area (Å²) in [5.41, 5.74) is 3.63. The number of ether oxygens (including phenoxy) is 2. The van der Waals surface area contributed by atoms with Gasteiger partial charge in [-0.1, -0.05) is 11.6 Å². The highest BCUT2D eigenvalue weighted by molar-refractivity contribution is 7.18. The van der Waals surface area contributed by atoms with Crippen LogP contribution in [-0.4, -0.2) is 25.8 Å². The Labute approximate surface area is 137 Å². The molecule has 0 aliphatic rings. The normalized spacial score (nSPS) is 11.2. The van der Waals surface area contributed by atoms with Crippen LogP contribution in [0, 0.1) is 0 Å². The Morgan fingerprint density at radius 3 is 2.50 bits per heavy atom. The highest BCUT2D eigenvalue weighted by Crippen LogP contribution is 2.27. The molecule has 1 aromatic carbocycles. The fourth-order valence-corrected chi connectivity index (χ4v) is 2.73. The molecule has 1 aromatic heterocycles. The SMILES string of the molecule is COc1ccc(C(=O)N/N=C(\C)c2ccc(Cl)s2)cc1OC. The zero-order valence-corrected chi connectivity index (χ0v) is 13.9. The summed E-state index contributed by atoms with van der Waals surface area (Å²) < 4.78 is 11.0. The Bertz CT molecular complexity index is 713. The molecule has 116 valence electrons. The lowest BCUT2D eigenvalue weighted by Crippen LogP contribution is -2.19. The van der Waals surface area contributed by atoms with Crippen molar-refractivity contribution < 1.29 is 14.3 Å². The van der Waals surface area contributed by atoms with Crippen LogP contribution < -0.4 is 14.9 Å². The summed E-state index contributed by atoms with van der Waals surface area (Å²) in [7, 11) is 3.06. The summed E-state index contributed by atoms with van der Waals surface area (Å²) in [6, 6.07) is 8.55. The Kier molecular flexibility index (Phi) is 5.41. The second-order valence-corrected chi connectivity index (χ2v) is 6.03. The van der Waals surface area contributed by atoms with E-state index in [1.54, 1.807) is 31.2 Å². The van der Waals surface area contributed by atoms with Crippen LogP contribution in [0.4, 0.5) is 0 Å². The molecule has 5 nitrogen and oxygen atoms in total. The molecule has 0 atom stereocenters. The number of benzene rings is 1. The Morgan fingerprint density at radius 1 is 1.18 bits per heavy atom. The van der Waals surface area contributed by atoms with Crippen molar-refractivity contribution in [3.63, 3.8) is 0 Å². The lowest BCUT2D eigenvalue weighted by molar-refractivity contribution is 0.0954. The third kappa shape index (κ3) is 3.78.